The van der Waals surface area contributed by atoms with E-state index in [-0.39, 0.29) is 24.0 Å². The second-order valence-corrected chi connectivity index (χ2v) is 7.37. The summed E-state index contributed by atoms with van der Waals surface area (Å²) in [5, 5.41) is 7.79. The topological polar surface area (TPSA) is 95.2 Å². The van der Waals surface area contributed by atoms with E-state index in [0.29, 0.717) is 16.8 Å². The van der Waals surface area contributed by atoms with Crippen molar-refractivity contribution in [1.82, 2.24) is 21.2 Å². The third kappa shape index (κ3) is 4.25. The minimum atomic E-state index is -0.272. The number of hydrogen-bond donors (Lipinski definition) is 4. The van der Waals surface area contributed by atoms with Gasteiger partial charge in [0.1, 0.15) is 0 Å². The quantitative estimate of drug-likeness (QED) is 0.535. The molecule has 0 saturated carbocycles. The van der Waals surface area contributed by atoms with E-state index in [1.165, 1.54) is 11.1 Å². The molecule has 4 rings (SSSR count). The Labute approximate surface area is 166 Å². The van der Waals surface area contributed by atoms with E-state index in [0.717, 1.165) is 6.42 Å². The first-order valence-electron chi connectivity index (χ1n) is 8.86. The Balaban J connectivity index is 1.37. The zero-order valence-electron chi connectivity index (χ0n) is 14.9. The molecule has 8 heteroatoms. The number of nitrogens with zero attached hydrogens (tertiary/aromatic N) is 1. The third-order valence-corrected chi connectivity index (χ3v) is 5.39. The van der Waals surface area contributed by atoms with Gasteiger partial charge in [0.25, 0.3) is 11.8 Å². The summed E-state index contributed by atoms with van der Waals surface area (Å²) < 4.78 is 0. The Hall–Kier alpha value is -3.07. The molecule has 2 unspecified atom stereocenters. The number of carbonyl (C=O) groups excluding carboxylic acids is 2. The summed E-state index contributed by atoms with van der Waals surface area (Å²) >= 11 is 1.68. The molecular weight excluding hydrogens is 374 g/mol. The molecule has 0 aliphatic carbocycles. The van der Waals surface area contributed by atoms with Crippen LogP contribution in [0.1, 0.15) is 38.1 Å². The van der Waals surface area contributed by atoms with Gasteiger partial charge in [-0.3, -0.25) is 14.6 Å². The van der Waals surface area contributed by atoms with Gasteiger partial charge in [0, 0.05) is 34.9 Å². The normalized spacial score (nSPS) is 18.6. The number of hydrogen-bond acceptors (Lipinski definition) is 6. The fourth-order valence-electron chi connectivity index (χ4n) is 3.01. The Kier molecular flexibility index (Phi) is 5.43. The number of amides is 2. The van der Waals surface area contributed by atoms with Crippen LogP contribution in [0.15, 0.2) is 66.3 Å². The molecule has 1 aromatic carbocycles. The molecule has 0 bridgehead atoms. The lowest BCUT2D eigenvalue weighted by Gasteiger charge is -2.13. The lowest BCUT2D eigenvalue weighted by molar-refractivity contribution is 0.0931. The highest BCUT2D eigenvalue weighted by molar-refractivity contribution is 7.10. The van der Waals surface area contributed by atoms with Crippen LogP contribution in [0.25, 0.3) is 0 Å². The van der Waals surface area contributed by atoms with E-state index in [9.17, 15) is 9.59 Å². The van der Waals surface area contributed by atoms with Crippen molar-refractivity contribution in [1.29, 1.82) is 0 Å². The van der Waals surface area contributed by atoms with Crippen LogP contribution in [-0.2, 0) is 0 Å². The van der Waals surface area contributed by atoms with Crippen LogP contribution < -0.4 is 21.5 Å². The summed E-state index contributed by atoms with van der Waals surface area (Å²) in [7, 11) is 0. The molecule has 2 amide bonds. The lowest BCUT2D eigenvalue weighted by Crippen LogP contribution is -2.44. The monoisotopic (exact) mass is 393 g/mol. The van der Waals surface area contributed by atoms with Crippen molar-refractivity contribution < 1.29 is 9.59 Å². The first-order chi connectivity index (χ1) is 13.7. The van der Waals surface area contributed by atoms with Crippen molar-refractivity contribution in [2.45, 2.75) is 18.6 Å². The molecule has 7 nitrogen and oxygen atoms in total. The van der Waals surface area contributed by atoms with E-state index in [2.05, 4.69) is 32.5 Å². The molecule has 2 atom stereocenters. The second kappa shape index (κ2) is 8.30. The average Bonchev–Trinajstić information content (AvgIpc) is 3.40. The van der Waals surface area contributed by atoms with Gasteiger partial charge in [-0.25, -0.2) is 10.9 Å². The highest BCUT2D eigenvalue weighted by atomic mass is 32.1. The van der Waals surface area contributed by atoms with Gasteiger partial charge in [0.05, 0.1) is 17.8 Å². The summed E-state index contributed by atoms with van der Waals surface area (Å²) in [5.41, 5.74) is 7.80. The molecule has 1 aliphatic heterocycles. The number of rotatable bonds is 5. The van der Waals surface area contributed by atoms with Crippen molar-refractivity contribution in [2.24, 2.45) is 0 Å². The summed E-state index contributed by atoms with van der Waals surface area (Å²) in [6, 6.07) is 14.5. The van der Waals surface area contributed by atoms with Crippen molar-refractivity contribution in [3.8, 4) is 0 Å². The van der Waals surface area contributed by atoms with Gasteiger partial charge >= 0.3 is 0 Å². The van der Waals surface area contributed by atoms with E-state index in [4.69, 9.17) is 0 Å². The molecule has 4 N–H and O–H groups in total. The molecule has 1 saturated heterocycles. The number of carbonyl (C=O) groups is 2. The van der Waals surface area contributed by atoms with Gasteiger partial charge in [0.2, 0.25) is 0 Å². The van der Waals surface area contributed by atoms with Gasteiger partial charge < -0.3 is 10.6 Å². The van der Waals surface area contributed by atoms with E-state index in [1.807, 2.05) is 11.4 Å². The first kappa shape index (κ1) is 18.3. The summed E-state index contributed by atoms with van der Waals surface area (Å²) in [6.07, 6.45) is 3.68. The van der Waals surface area contributed by atoms with Gasteiger partial charge in [-0.15, -0.1) is 11.3 Å². The Morgan fingerprint density at radius 1 is 1.04 bits per heavy atom. The predicted octanol–water partition coefficient (Wildman–Crippen LogP) is 2.69. The summed E-state index contributed by atoms with van der Waals surface area (Å²) in [5.74, 6) is -0.477. The highest BCUT2D eigenvalue weighted by Crippen LogP contribution is 2.25. The van der Waals surface area contributed by atoms with E-state index >= 15 is 0 Å². The largest absolute Gasteiger partial charge is 0.335 e. The van der Waals surface area contributed by atoms with Crippen LogP contribution >= 0.6 is 11.3 Å². The van der Waals surface area contributed by atoms with Crippen molar-refractivity contribution in [3.05, 3.63) is 82.3 Å². The summed E-state index contributed by atoms with van der Waals surface area (Å²) in [6.45, 7) is 0. The molecule has 1 aliphatic rings. The fourth-order valence-corrected chi connectivity index (χ4v) is 3.80. The average molecular weight is 393 g/mol. The minimum Gasteiger partial charge on any atom is -0.335 e. The van der Waals surface area contributed by atoms with Crippen LogP contribution in [0, 0.1) is 0 Å². The van der Waals surface area contributed by atoms with Crippen LogP contribution in [0.5, 0.6) is 0 Å². The third-order valence-electron chi connectivity index (χ3n) is 4.40. The van der Waals surface area contributed by atoms with Gasteiger partial charge in [-0.05, 0) is 41.8 Å². The zero-order chi connectivity index (χ0) is 19.3. The fraction of sp³-hybridized carbons (Fsp3) is 0.150. The van der Waals surface area contributed by atoms with Gasteiger partial charge in [-0.1, -0.05) is 12.1 Å². The minimum absolute atomic E-state index is 0.173. The number of benzene rings is 1. The lowest BCUT2D eigenvalue weighted by atomic mass is 10.1. The van der Waals surface area contributed by atoms with Crippen LogP contribution in [0.4, 0.5) is 5.69 Å². The molecular formula is C20H19N5O2S. The molecule has 1 fully saturated rings. The number of thiophene rings is 1. The van der Waals surface area contributed by atoms with E-state index in [1.54, 1.807) is 53.9 Å². The molecule has 28 heavy (non-hydrogen) atoms. The second-order valence-electron chi connectivity index (χ2n) is 6.40. The number of aromatic nitrogens is 1. The van der Waals surface area contributed by atoms with Crippen molar-refractivity contribution in [2.75, 3.05) is 5.32 Å². The molecule has 2 aromatic heterocycles. The maximum Gasteiger partial charge on any atom is 0.257 e. The molecule has 3 heterocycles. The van der Waals surface area contributed by atoms with Gasteiger partial charge in [0.15, 0.2) is 0 Å². The van der Waals surface area contributed by atoms with Crippen LogP contribution in [0.3, 0.4) is 0 Å². The SMILES string of the molecule is O=C(Nc1cccc(C(=O)NC2CC(c3cccs3)NN2)c1)c1cccnc1. The van der Waals surface area contributed by atoms with Crippen LogP contribution in [0.2, 0.25) is 0 Å². The number of nitrogens with one attached hydrogen (secondary N) is 4. The Morgan fingerprint density at radius 2 is 1.93 bits per heavy atom. The van der Waals surface area contributed by atoms with Crippen molar-refractivity contribution >= 4 is 28.8 Å². The Bertz CT molecular complexity index is 962. The predicted molar refractivity (Wildman–Crippen MR) is 108 cm³/mol. The number of anilines is 1. The molecule has 142 valence electrons. The zero-order valence-corrected chi connectivity index (χ0v) is 15.7. The number of pyridine rings is 1. The Morgan fingerprint density at radius 3 is 2.71 bits per heavy atom. The maximum absolute atomic E-state index is 12.6. The standard InChI is InChI=1S/C20H19N5O2S/c26-19(23-18-11-16(24-25-18)17-7-3-9-28-17)13-4-1-6-15(10-13)22-20(27)14-5-2-8-21-12-14/h1-10,12,16,18,24-25H,11H2,(H,22,27)(H,23,26). The molecule has 0 spiro atoms. The number of hydrazine groups is 1. The molecule has 3 aromatic rings. The maximum atomic E-state index is 12.6. The molecule has 0 radical (unpaired) electrons. The summed E-state index contributed by atoms with van der Waals surface area (Å²) in [4.78, 5) is 30.0. The highest BCUT2D eigenvalue weighted by Gasteiger charge is 2.27. The van der Waals surface area contributed by atoms with Crippen LogP contribution in [-0.4, -0.2) is 23.0 Å². The van der Waals surface area contributed by atoms with E-state index < -0.39 is 0 Å². The first-order valence-corrected chi connectivity index (χ1v) is 9.74. The van der Waals surface area contributed by atoms with Crippen molar-refractivity contribution in [3.63, 3.8) is 0 Å². The smallest absolute Gasteiger partial charge is 0.257 e. The van der Waals surface area contributed by atoms with Gasteiger partial charge in [-0.2, -0.15) is 0 Å².